The van der Waals surface area contributed by atoms with Crippen molar-refractivity contribution in [1.29, 1.82) is 0 Å². The first kappa shape index (κ1) is 26.5. The van der Waals surface area contributed by atoms with Gasteiger partial charge < -0.3 is 25.4 Å². The van der Waals surface area contributed by atoms with Gasteiger partial charge in [-0.2, -0.15) is 0 Å². The van der Waals surface area contributed by atoms with E-state index in [4.69, 9.17) is 9.47 Å². The third kappa shape index (κ3) is 6.50. The largest absolute Gasteiger partial charge is 0.463 e. The summed E-state index contributed by atoms with van der Waals surface area (Å²) in [5.74, 6) is -2.01. The van der Waals surface area contributed by atoms with E-state index >= 15 is 0 Å². The predicted octanol–water partition coefficient (Wildman–Crippen LogP) is 3.16. The number of carbonyl (C=O) groups excluding carboxylic acids is 4. The Bertz CT molecular complexity index is 1140. The van der Waals surface area contributed by atoms with Gasteiger partial charge in [0.15, 0.2) is 0 Å². The second kappa shape index (κ2) is 12.0. The molecule has 9 heteroatoms. The molecule has 1 aliphatic heterocycles. The van der Waals surface area contributed by atoms with Gasteiger partial charge in [0, 0.05) is 5.56 Å². The average Bonchev–Trinajstić information content (AvgIpc) is 2.86. The minimum atomic E-state index is -0.937. The molecule has 9 nitrogen and oxygen atoms in total. The molecule has 36 heavy (non-hydrogen) atoms. The number of carbonyl (C=O) groups is 4. The third-order valence-electron chi connectivity index (χ3n) is 5.66. The van der Waals surface area contributed by atoms with Gasteiger partial charge in [0.1, 0.15) is 12.6 Å². The van der Waals surface area contributed by atoms with Gasteiger partial charge in [-0.25, -0.2) is 14.4 Å². The summed E-state index contributed by atoms with van der Waals surface area (Å²) < 4.78 is 10.7. The normalized spacial score (nSPS) is 16.0. The topological polar surface area (TPSA) is 123 Å². The fourth-order valence-electron chi connectivity index (χ4n) is 3.74. The first-order chi connectivity index (χ1) is 17.2. The van der Waals surface area contributed by atoms with Crippen LogP contribution in [0.1, 0.15) is 48.3 Å². The number of rotatable bonds is 9. The zero-order valence-electron chi connectivity index (χ0n) is 20.8. The van der Waals surface area contributed by atoms with E-state index in [2.05, 4.69) is 16.0 Å². The zero-order chi connectivity index (χ0) is 26.2. The van der Waals surface area contributed by atoms with Gasteiger partial charge in [-0.15, -0.1) is 0 Å². The van der Waals surface area contributed by atoms with Crippen molar-refractivity contribution in [3.8, 4) is 0 Å². The number of benzene rings is 2. The number of nitrogens with one attached hydrogen (secondary N) is 3. The summed E-state index contributed by atoms with van der Waals surface area (Å²) in [7, 11) is 0. The third-order valence-corrected chi connectivity index (χ3v) is 5.66. The van der Waals surface area contributed by atoms with Crippen LogP contribution in [0.4, 0.5) is 4.79 Å². The molecule has 0 aromatic heterocycles. The summed E-state index contributed by atoms with van der Waals surface area (Å²) in [6.45, 7) is 6.90. The van der Waals surface area contributed by atoms with E-state index in [9.17, 15) is 19.2 Å². The van der Waals surface area contributed by atoms with Crippen LogP contribution in [0.15, 0.2) is 65.9 Å². The molecule has 0 radical (unpaired) electrons. The maximum absolute atomic E-state index is 13.0. The molecule has 2 atom stereocenters. The molecular formula is C27H31N3O6. The number of esters is 2. The van der Waals surface area contributed by atoms with E-state index in [1.165, 1.54) is 0 Å². The Hall–Kier alpha value is -4.14. The highest BCUT2D eigenvalue weighted by Gasteiger charge is 2.35. The van der Waals surface area contributed by atoms with Crippen LogP contribution in [-0.4, -0.2) is 43.1 Å². The summed E-state index contributed by atoms with van der Waals surface area (Å²) in [6, 6.07) is 13.7. The van der Waals surface area contributed by atoms with Crippen LogP contribution in [0.2, 0.25) is 0 Å². The van der Waals surface area contributed by atoms with E-state index in [1.807, 2.05) is 25.1 Å². The monoisotopic (exact) mass is 493 g/mol. The Balaban J connectivity index is 1.82. The maximum Gasteiger partial charge on any atom is 0.338 e. The minimum absolute atomic E-state index is 0.117. The Morgan fingerprint density at radius 3 is 2.28 bits per heavy atom. The molecule has 3 N–H and O–H groups in total. The van der Waals surface area contributed by atoms with Gasteiger partial charge in [-0.1, -0.05) is 61.9 Å². The number of urea groups is 1. The summed E-state index contributed by atoms with van der Waals surface area (Å²) in [4.78, 5) is 50.9. The predicted molar refractivity (Wildman–Crippen MR) is 133 cm³/mol. The van der Waals surface area contributed by atoms with Crippen LogP contribution in [0, 0.1) is 12.8 Å². The van der Waals surface area contributed by atoms with E-state index in [-0.39, 0.29) is 30.4 Å². The van der Waals surface area contributed by atoms with Gasteiger partial charge in [0.25, 0.3) is 5.91 Å². The van der Waals surface area contributed by atoms with Crippen molar-refractivity contribution >= 4 is 23.9 Å². The lowest BCUT2D eigenvalue weighted by atomic mass is 9.95. The summed E-state index contributed by atoms with van der Waals surface area (Å²) in [5.41, 5.74) is 2.36. The maximum atomic E-state index is 13.0. The highest BCUT2D eigenvalue weighted by molar-refractivity contribution is 5.97. The van der Waals surface area contributed by atoms with E-state index in [0.29, 0.717) is 11.1 Å². The number of ether oxygens (including phenoxy) is 2. The Labute approximate surface area is 210 Å². The van der Waals surface area contributed by atoms with Gasteiger partial charge >= 0.3 is 18.0 Å². The summed E-state index contributed by atoms with van der Waals surface area (Å²) in [5, 5.41) is 8.00. The Morgan fingerprint density at radius 1 is 1.00 bits per heavy atom. The van der Waals surface area contributed by atoms with Crippen LogP contribution >= 0.6 is 0 Å². The average molecular weight is 494 g/mol. The highest BCUT2D eigenvalue weighted by atomic mass is 16.5. The van der Waals surface area contributed by atoms with Crippen molar-refractivity contribution in [1.82, 2.24) is 16.0 Å². The van der Waals surface area contributed by atoms with E-state index < -0.39 is 36.0 Å². The number of amides is 3. The van der Waals surface area contributed by atoms with Gasteiger partial charge in [0.2, 0.25) is 0 Å². The first-order valence-electron chi connectivity index (χ1n) is 11.8. The quantitative estimate of drug-likeness (QED) is 0.461. The van der Waals surface area contributed by atoms with Gasteiger partial charge in [0.05, 0.1) is 23.9 Å². The molecule has 3 rings (SSSR count). The van der Waals surface area contributed by atoms with Crippen molar-refractivity contribution < 1.29 is 28.7 Å². The first-order valence-corrected chi connectivity index (χ1v) is 11.8. The molecule has 2 aromatic rings. The number of aryl methyl sites for hydroxylation is 1. The van der Waals surface area contributed by atoms with E-state index in [0.717, 1.165) is 5.56 Å². The summed E-state index contributed by atoms with van der Waals surface area (Å²) in [6.07, 6.45) is 0. The number of hydrogen-bond acceptors (Lipinski definition) is 6. The van der Waals surface area contributed by atoms with Crippen molar-refractivity contribution in [3.05, 3.63) is 82.6 Å². The van der Waals surface area contributed by atoms with Crippen molar-refractivity contribution in [2.24, 2.45) is 5.92 Å². The molecule has 0 fully saturated rings. The van der Waals surface area contributed by atoms with Crippen molar-refractivity contribution in [3.63, 3.8) is 0 Å². The van der Waals surface area contributed by atoms with Gasteiger partial charge in [-0.05, 0) is 37.5 Å². The molecule has 1 aliphatic rings. The molecular weight excluding hydrogens is 462 g/mol. The fourth-order valence-corrected chi connectivity index (χ4v) is 3.74. The molecule has 1 heterocycles. The molecule has 0 saturated carbocycles. The fraction of sp³-hybridized carbons (Fsp3) is 0.333. The van der Waals surface area contributed by atoms with Crippen LogP contribution in [0.25, 0.3) is 0 Å². The number of hydrogen-bond donors (Lipinski definition) is 3. The molecule has 0 bridgehead atoms. The Morgan fingerprint density at radius 2 is 1.67 bits per heavy atom. The standard InChI is InChI=1S/C27H31N3O6/c1-5-35-25(32)21-20(28-27(34)30-23(21)18-9-7-6-8-10-18)15-36-26(33)22(16(2)3)29-24(31)19-13-11-17(4)12-14-19/h6-14,16,22-23H,5,15H2,1-4H3,(H,29,31)(H2,28,30,34)/t22-,23?/m0/s1. The van der Waals surface area contributed by atoms with Crippen LogP contribution in [0.3, 0.4) is 0 Å². The SMILES string of the molecule is CCOC(=O)C1=C(COC(=O)[C@@H](NC(=O)c2ccc(C)cc2)C(C)C)NC(=O)NC1c1ccccc1. The zero-order valence-corrected chi connectivity index (χ0v) is 20.8. The van der Waals surface area contributed by atoms with E-state index in [1.54, 1.807) is 57.2 Å². The highest BCUT2D eigenvalue weighted by Crippen LogP contribution is 2.28. The molecule has 0 spiro atoms. The molecule has 1 unspecified atom stereocenters. The van der Waals surface area contributed by atoms with Crippen LogP contribution in [0.5, 0.6) is 0 Å². The lowest BCUT2D eigenvalue weighted by Crippen LogP contribution is -2.48. The van der Waals surface area contributed by atoms with Crippen LogP contribution in [-0.2, 0) is 19.1 Å². The second-order valence-electron chi connectivity index (χ2n) is 8.72. The lowest BCUT2D eigenvalue weighted by molar-refractivity contribution is -0.146. The lowest BCUT2D eigenvalue weighted by Gasteiger charge is -2.29. The molecule has 0 saturated heterocycles. The van der Waals surface area contributed by atoms with Crippen molar-refractivity contribution in [2.45, 2.75) is 39.8 Å². The molecule has 190 valence electrons. The molecule has 2 aromatic carbocycles. The Kier molecular flexibility index (Phi) is 8.83. The van der Waals surface area contributed by atoms with Gasteiger partial charge in [-0.3, -0.25) is 4.79 Å². The van der Waals surface area contributed by atoms with Crippen molar-refractivity contribution in [2.75, 3.05) is 13.2 Å². The van der Waals surface area contributed by atoms with Crippen LogP contribution < -0.4 is 16.0 Å². The summed E-state index contributed by atoms with van der Waals surface area (Å²) >= 11 is 0. The second-order valence-corrected chi connectivity index (χ2v) is 8.72. The smallest absolute Gasteiger partial charge is 0.338 e. The molecule has 3 amide bonds. The molecule has 0 aliphatic carbocycles. The minimum Gasteiger partial charge on any atom is -0.463 e.